The molecule has 3 aromatic rings. The summed E-state index contributed by atoms with van der Waals surface area (Å²) in [5, 5.41) is 11.5. The van der Waals surface area contributed by atoms with Crippen molar-refractivity contribution < 1.29 is 14.3 Å². The van der Waals surface area contributed by atoms with Gasteiger partial charge in [-0.05, 0) is 31.0 Å². The number of amides is 1. The Morgan fingerprint density at radius 2 is 2.00 bits per heavy atom. The van der Waals surface area contributed by atoms with Gasteiger partial charge in [-0.1, -0.05) is 6.07 Å². The molecule has 0 atom stereocenters. The van der Waals surface area contributed by atoms with Gasteiger partial charge in [0, 0.05) is 19.0 Å². The van der Waals surface area contributed by atoms with Gasteiger partial charge >= 0.3 is 0 Å². The van der Waals surface area contributed by atoms with E-state index in [4.69, 9.17) is 9.47 Å². The first-order chi connectivity index (χ1) is 13.6. The zero-order valence-electron chi connectivity index (χ0n) is 16.3. The number of carbonyl (C=O) groups is 1. The number of carbonyl (C=O) groups excluding carboxylic acids is 1. The molecule has 2 aromatic heterocycles. The predicted octanol–water partition coefficient (Wildman–Crippen LogP) is 2.27. The highest BCUT2D eigenvalue weighted by atomic mass is 16.5. The van der Waals surface area contributed by atoms with Crippen molar-refractivity contribution in [3.8, 4) is 11.5 Å². The van der Waals surface area contributed by atoms with Crippen LogP contribution in [-0.2, 0) is 17.9 Å². The Balaban J connectivity index is 1.63. The molecule has 0 aliphatic heterocycles. The zero-order valence-corrected chi connectivity index (χ0v) is 16.3. The maximum absolute atomic E-state index is 12.3. The molecule has 0 spiro atoms. The molecule has 0 unspecified atom stereocenters. The van der Waals surface area contributed by atoms with Gasteiger partial charge in [0.2, 0.25) is 5.91 Å². The minimum absolute atomic E-state index is 0.0615. The quantitative estimate of drug-likeness (QED) is 0.608. The molecule has 9 nitrogen and oxygen atoms in total. The van der Waals surface area contributed by atoms with E-state index in [9.17, 15) is 4.79 Å². The van der Waals surface area contributed by atoms with Crippen molar-refractivity contribution in [2.45, 2.75) is 32.9 Å². The third-order valence-corrected chi connectivity index (χ3v) is 4.21. The minimum Gasteiger partial charge on any atom is -0.493 e. The van der Waals surface area contributed by atoms with Gasteiger partial charge in [-0.25, -0.2) is 9.67 Å². The van der Waals surface area contributed by atoms with Gasteiger partial charge in [-0.15, -0.1) is 0 Å². The summed E-state index contributed by atoms with van der Waals surface area (Å²) in [5.41, 5.74) is 1.82. The average Bonchev–Trinajstić information content (AvgIpc) is 3.31. The Labute approximate surface area is 163 Å². The number of hydrogen-bond acceptors (Lipinski definition) is 6. The largest absolute Gasteiger partial charge is 0.493 e. The van der Waals surface area contributed by atoms with Crippen LogP contribution in [0.25, 0.3) is 0 Å². The molecule has 0 aliphatic carbocycles. The topological polar surface area (TPSA) is 96.1 Å². The van der Waals surface area contributed by atoms with E-state index in [0.29, 0.717) is 43.2 Å². The van der Waals surface area contributed by atoms with Gasteiger partial charge in [-0.3, -0.25) is 9.48 Å². The third-order valence-electron chi connectivity index (χ3n) is 4.21. The standard InChI is InChI=1S/C19H24N6O3/c1-14-9-18(22-19(26)5-4-8-24-13-20-12-21-24)25(23-14)11-15-6-7-16(27-2)17(10-15)28-3/h6-7,9-10,12-13H,4-5,8,11H2,1-3H3,(H,22,26). The Bertz CT molecular complexity index is 920. The number of aromatic nitrogens is 5. The molecule has 1 N–H and O–H groups in total. The molecule has 0 radical (unpaired) electrons. The van der Waals surface area contributed by atoms with Gasteiger partial charge in [0.15, 0.2) is 11.5 Å². The van der Waals surface area contributed by atoms with Crippen molar-refractivity contribution in [2.24, 2.45) is 0 Å². The summed E-state index contributed by atoms with van der Waals surface area (Å²) in [6, 6.07) is 7.56. The summed E-state index contributed by atoms with van der Waals surface area (Å²) in [6.45, 7) is 3.05. The van der Waals surface area contributed by atoms with Crippen LogP contribution in [0, 0.1) is 6.92 Å². The SMILES string of the molecule is COc1ccc(Cn2nc(C)cc2NC(=O)CCCn2cncn2)cc1OC. The van der Waals surface area contributed by atoms with E-state index >= 15 is 0 Å². The van der Waals surface area contributed by atoms with Crippen LogP contribution in [0.4, 0.5) is 5.82 Å². The van der Waals surface area contributed by atoms with E-state index in [2.05, 4.69) is 20.5 Å². The fourth-order valence-corrected chi connectivity index (χ4v) is 2.87. The Kier molecular flexibility index (Phi) is 6.25. The monoisotopic (exact) mass is 384 g/mol. The molecule has 0 bridgehead atoms. The Morgan fingerprint density at radius 3 is 2.71 bits per heavy atom. The molecule has 1 aromatic carbocycles. The molecule has 0 saturated carbocycles. The summed E-state index contributed by atoms with van der Waals surface area (Å²) < 4.78 is 14.1. The maximum atomic E-state index is 12.3. The molecule has 1 amide bonds. The maximum Gasteiger partial charge on any atom is 0.225 e. The first-order valence-corrected chi connectivity index (χ1v) is 8.96. The summed E-state index contributed by atoms with van der Waals surface area (Å²) >= 11 is 0. The van der Waals surface area contributed by atoms with Crippen LogP contribution in [-0.4, -0.2) is 44.7 Å². The summed E-state index contributed by atoms with van der Waals surface area (Å²) in [6.07, 6.45) is 4.19. The van der Waals surface area contributed by atoms with Crippen LogP contribution in [0.1, 0.15) is 24.1 Å². The number of ether oxygens (including phenoxy) is 2. The van der Waals surface area contributed by atoms with Gasteiger partial charge in [0.25, 0.3) is 0 Å². The van der Waals surface area contributed by atoms with E-state index < -0.39 is 0 Å². The summed E-state index contributed by atoms with van der Waals surface area (Å²) in [7, 11) is 3.20. The molecule has 9 heteroatoms. The number of benzene rings is 1. The van der Waals surface area contributed by atoms with Gasteiger partial charge in [-0.2, -0.15) is 10.2 Å². The van der Waals surface area contributed by atoms with E-state index in [-0.39, 0.29) is 5.91 Å². The normalized spacial score (nSPS) is 10.7. The smallest absolute Gasteiger partial charge is 0.225 e. The van der Waals surface area contributed by atoms with Crippen molar-refractivity contribution in [1.29, 1.82) is 0 Å². The van der Waals surface area contributed by atoms with Crippen LogP contribution >= 0.6 is 0 Å². The van der Waals surface area contributed by atoms with Crippen LogP contribution in [0.15, 0.2) is 36.9 Å². The van der Waals surface area contributed by atoms with Crippen LogP contribution in [0.2, 0.25) is 0 Å². The second kappa shape index (κ2) is 9.03. The van der Waals surface area contributed by atoms with E-state index in [1.807, 2.05) is 31.2 Å². The lowest BCUT2D eigenvalue weighted by molar-refractivity contribution is -0.116. The fraction of sp³-hybridized carbons (Fsp3) is 0.368. The molecule has 0 fully saturated rings. The summed E-state index contributed by atoms with van der Waals surface area (Å²) in [4.78, 5) is 16.2. The van der Waals surface area contributed by atoms with Crippen LogP contribution in [0.3, 0.4) is 0 Å². The number of aryl methyl sites for hydroxylation is 2. The molecule has 2 heterocycles. The lowest BCUT2D eigenvalue weighted by Gasteiger charge is -2.12. The predicted molar refractivity (Wildman–Crippen MR) is 103 cm³/mol. The average molecular weight is 384 g/mol. The molecule has 0 aliphatic rings. The highest BCUT2D eigenvalue weighted by Crippen LogP contribution is 2.28. The lowest BCUT2D eigenvalue weighted by Crippen LogP contribution is -2.16. The van der Waals surface area contributed by atoms with Crippen molar-refractivity contribution in [2.75, 3.05) is 19.5 Å². The van der Waals surface area contributed by atoms with E-state index in [0.717, 1.165) is 11.3 Å². The molecule has 148 valence electrons. The number of nitrogens with one attached hydrogen (secondary N) is 1. The highest BCUT2D eigenvalue weighted by molar-refractivity contribution is 5.89. The molecule has 3 rings (SSSR count). The Hall–Kier alpha value is -3.36. The number of hydrogen-bond donors (Lipinski definition) is 1. The van der Waals surface area contributed by atoms with Gasteiger partial charge < -0.3 is 14.8 Å². The minimum atomic E-state index is -0.0615. The van der Waals surface area contributed by atoms with Crippen molar-refractivity contribution in [3.05, 3.63) is 48.2 Å². The third kappa shape index (κ3) is 4.87. The second-order valence-corrected chi connectivity index (χ2v) is 6.33. The van der Waals surface area contributed by atoms with Crippen molar-refractivity contribution in [3.63, 3.8) is 0 Å². The van der Waals surface area contributed by atoms with Gasteiger partial charge in [0.05, 0.1) is 26.5 Å². The number of methoxy groups -OCH3 is 2. The molecule has 0 saturated heterocycles. The lowest BCUT2D eigenvalue weighted by atomic mass is 10.2. The molecule has 28 heavy (non-hydrogen) atoms. The van der Waals surface area contributed by atoms with E-state index in [1.165, 1.54) is 6.33 Å². The van der Waals surface area contributed by atoms with Gasteiger partial charge in [0.1, 0.15) is 18.5 Å². The Morgan fingerprint density at radius 1 is 1.18 bits per heavy atom. The van der Waals surface area contributed by atoms with Crippen molar-refractivity contribution in [1.82, 2.24) is 24.5 Å². The fourth-order valence-electron chi connectivity index (χ4n) is 2.87. The van der Waals surface area contributed by atoms with Crippen molar-refractivity contribution >= 4 is 11.7 Å². The number of nitrogens with zero attached hydrogens (tertiary/aromatic N) is 5. The second-order valence-electron chi connectivity index (χ2n) is 6.33. The summed E-state index contributed by atoms with van der Waals surface area (Å²) in [5.74, 6) is 1.93. The zero-order chi connectivity index (χ0) is 19.9. The van der Waals surface area contributed by atoms with Crippen LogP contribution in [0.5, 0.6) is 11.5 Å². The first kappa shape index (κ1) is 19.4. The first-order valence-electron chi connectivity index (χ1n) is 8.96. The number of rotatable bonds is 9. The van der Waals surface area contributed by atoms with E-state index in [1.54, 1.807) is 29.9 Å². The number of anilines is 1. The highest BCUT2D eigenvalue weighted by Gasteiger charge is 2.12. The van der Waals surface area contributed by atoms with Crippen LogP contribution < -0.4 is 14.8 Å². The molecular weight excluding hydrogens is 360 g/mol. The molecular formula is C19H24N6O3.